The standard InChI is InChI=1S/C20H15Cl3N2O3S/c21-14-7-6-13(18(22)10-14)12-24-20(26)17-9-8-15(11-19(17)23)25-29(27,28)16-4-2-1-3-5-16/h1-11,25H,12H2,(H,24,26). The Morgan fingerprint density at radius 3 is 2.24 bits per heavy atom. The van der Waals surface area contributed by atoms with Gasteiger partial charge in [-0.3, -0.25) is 9.52 Å². The zero-order chi connectivity index (χ0) is 21.0. The summed E-state index contributed by atoms with van der Waals surface area (Å²) in [5.41, 5.74) is 1.16. The lowest BCUT2D eigenvalue weighted by Crippen LogP contribution is -2.23. The van der Waals surface area contributed by atoms with Crippen molar-refractivity contribution in [3.63, 3.8) is 0 Å². The maximum atomic E-state index is 12.4. The van der Waals surface area contributed by atoms with Crippen molar-refractivity contribution in [2.45, 2.75) is 11.4 Å². The Bertz CT molecular complexity index is 1150. The largest absolute Gasteiger partial charge is 0.348 e. The average molecular weight is 470 g/mol. The lowest BCUT2D eigenvalue weighted by molar-refractivity contribution is 0.0951. The van der Waals surface area contributed by atoms with Crippen molar-refractivity contribution >= 4 is 56.4 Å². The minimum Gasteiger partial charge on any atom is -0.348 e. The van der Waals surface area contributed by atoms with Crippen molar-refractivity contribution in [3.05, 3.63) is 92.9 Å². The van der Waals surface area contributed by atoms with Crippen molar-refractivity contribution in [1.29, 1.82) is 0 Å². The fourth-order valence-electron chi connectivity index (χ4n) is 2.51. The SMILES string of the molecule is O=C(NCc1ccc(Cl)cc1Cl)c1ccc(NS(=O)(=O)c2ccccc2)cc1Cl. The smallest absolute Gasteiger partial charge is 0.261 e. The normalized spacial score (nSPS) is 11.1. The number of amides is 1. The highest BCUT2D eigenvalue weighted by Gasteiger charge is 2.16. The van der Waals surface area contributed by atoms with Crippen LogP contribution in [0.3, 0.4) is 0 Å². The number of hydrogen-bond donors (Lipinski definition) is 2. The summed E-state index contributed by atoms with van der Waals surface area (Å²) in [5, 5.41) is 3.77. The van der Waals surface area contributed by atoms with Crippen LogP contribution in [0.5, 0.6) is 0 Å². The summed E-state index contributed by atoms with van der Waals surface area (Å²) in [7, 11) is -3.75. The van der Waals surface area contributed by atoms with Crippen LogP contribution in [0.1, 0.15) is 15.9 Å². The minimum atomic E-state index is -3.75. The highest BCUT2D eigenvalue weighted by Crippen LogP contribution is 2.24. The number of carbonyl (C=O) groups excluding carboxylic acids is 1. The van der Waals surface area contributed by atoms with E-state index >= 15 is 0 Å². The zero-order valence-electron chi connectivity index (χ0n) is 14.8. The van der Waals surface area contributed by atoms with Gasteiger partial charge in [0.05, 0.1) is 21.2 Å². The fourth-order valence-corrected chi connectivity index (χ4v) is 4.32. The molecule has 5 nitrogen and oxygen atoms in total. The first-order valence-electron chi connectivity index (χ1n) is 8.36. The monoisotopic (exact) mass is 468 g/mol. The van der Waals surface area contributed by atoms with Crippen molar-refractivity contribution in [2.24, 2.45) is 0 Å². The van der Waals surface area contributed by atoms with E-state index < -0.39 is 15.9 Å². The molecule has 3 aromatic carbocycles. The van der Waals surface area contributed by atoms with Crippen LogP contribution in [0.2, 0.25) is 15.1 Å². The Morgan fingerprint density at radius 1 is 0.862 bits per heavy atom. The topological polar surface area (TPSA) is 75.3 Å². The first kappa shape index (κ1) is 21.5. The molecular weight excluding hydrogens is 455 g/mol. The van der Waals surface area contributed by atoms with Gasteiger partial charge in [-0.25, -0.2) is 8.42 Å². The number of sulfonamides is 1. The van der Waals surface area contributed by atoms with Crippen LogP contribution < -0.4 is 10.0 Å². The number of anilines is 1. The second-order valence-electron chi connectivity index (χ2n) is 6.03. The molecule has 0 aliphatic heterocycles. The van der Waals surface area contributed by atoms with E-state index in [-0.39, 0.29) is 27.7 Å². The van der Waals surface area contributed by atoms with Gasteiger partial charge in [0.2, 0.25) is 0 Å². The Kier molecular flexibility index (Phi) is 6.70. The second-order valence-corrected chi connectivity index (χ2v) is 8.96. The number of carbonyl (C=O) groups is 1. The van der Waals surface area contributed by atoms with Gasteiger partial charge >= 0.3 is 0 Å². The van der Waals surface area contributed by atoms with Gasteiger partial charge in [0.15, 0.2) is 0 Å². The molecule has 2 N–H and O–H groups in total. The molecule has 0 atom stereocenters. The minimum absolute atomic E-state index is 0.109. The molecule has 0 fully saturated rings. The van der Waals surface area contributed by atoms with Crippen molar-refractivity contribution < 1.29 is 13.2 Å². The third kappa shape index (κ3) is 5.42. The van der Waals surface area contributed by atoms with Gasteiger partial charge in [-0.1, -0.05) is 59.1 Å². The molecule has 0 unspecified atom stereocenters. The molecule has 0 aliphatic rings. The van der Waals surface area contributed by atoms with Gasteiger partial charge in [0.25, 0.3) is 15.9 Å². The summed E-state index contributed by atoms with van der Waals surface area (Å²) in [6.45, 7) is 0.188. The molecule has 0 saturated heterocycles. The Balaban J connectivity index is 1.71. The maximum absolute atomic E-state index is 12.4. The van der Waals surface area contributed by atoms with Crippen molar-refractivity contribution in [2.75, 3.05) is 4.72 Å². The highest BCUT2D eigenvalue weighted by atomic mass is 35.5. The highest BCUT2D eigenvalue weighted by molar-refractivity contribution is 7.92. The van der Waals surface area contributed by atoms with Gasteiger partial charge in [-0.2, -0.15) is 0 Å². The van der Waals surface area contributed by atoms with Gasteiger partial charge < -0.3 is 5.32 Å². The molecule has 0 spiro atoms. The van der Waals surface area contributed by atoms with Crippen molar-refractivity contribution in [3.8, 4) is 0 Å². The molecule has 1 amide bonds. The summed E-state index contributed by atoms with van der Waals surface area (Å²) in [6.07, 6.45) is 0. The van der Waals surface area contributed by atoms with E-state index in [2.05, 4.69) is 10.0 Å². The summed E-state index contributed by atoms with van der Waals surface area (Å²) in [6, 6.07) is 17.2. The number of benzene rings is 3. The van der Waals surface area contributed by atoms with E-state index in [4.69, 9.17) is 34.8 Å². The molecule has 0 saturated carbocycles. The van der Waals surface area contributed by atoms with Crippen LogP contribution in [-0.2, 0) is 16.6 Å². The van der Waals surface area contributed by atoms with Gasteiger partial charge in [0, 0.05) is 16.6 Å². The number of halogens is 3. The predicted molar refractivity (Wildman–Crippen MR) is 116 cm³/mol. The fraction of sp³-hybridized carbons (Fsp3) is 0.0500. The molecule has 0 heterocycles. The summed E-state index contributed by atoms with van der Waals surface area (Å²) < 4.78 is 27.2. The lowest BCUT2D eigenvalue weighted by Gasteiger charge is -2.11. The summed E-state index contributed by atoms with van der Waals surface area (Å²) in [4.78, 5) is 12.6. The van der Waals surface area contributed by atoms with Gasteiger partial charge in [-0.15, -0.1) is 0 Å². The molecule has 0 radical (unpaired) electrons. The summed E-state index contributed by atoms with van der Waals surface area (Å²) >= 11 is 18.1. The lowest BCUT2D eigenvalue weighted by atomic mass is 10.1. The molecule has 150 valence electrons. The molecule has 0 aliphatic carbocycles. The molecule has 3 aromatic rings. The van der Waals surface area contributed by atoms with E-state index in [1.807, 2.05) is 0 Å². The molecule has 0 aromatic heterocycles. The molecule has 29 heavy (non-hydrogen) atoms. The van der Waals surface area contributed by atoms with E-state index in [1.165, 1.54) is 30.3 Å². The molecule has 0 bridgehead atoms. The first-order valence-corrected chi connectivity index (χ1v) is 11.0. The van der Waals surface area contributed by atoms with Crippen LogP contribution >= 0.6 is 34.8 Å². The van der Waals surface area contributed by atoms with Crippen molar-refractivity contribution in [1.82, 2.24) is 5.32 Å². The van der Waals surface area contributed by atoms with Crippen LogP contribution in [0, 0.1) is 0 Å². The van der Waals surface area contributed by atoms with Gasteiger partial charge in [-0.05, 0) is 48.0 Å². The number of nitrogens with one attached hydrogen (secondary N) is 2. The van der Waals surface area contributed by atoms with Crippen LogP contribution in [-0.4, -0.2) is 14.3 Å². The van der Waals surface area contributed by atoms with Crippen LogP contribution in [0.4, 0.5) is 5.69 Å². The van der Waals surface area contributed by atoms with Crippen LogP contribution in [0.25, 0.3) is 0 Å². The number of rotatable bonds is 6. The van der Waals surface area contributed by atoms with E-state index in [9.17, 15) is 13.2 Å². The second kappa shape index (κ2) is 9.05. The molecule has 9 heteroatoms. The quantitative estimate of drug-likeness (QED) is 0.509. The third-order valence-corrected chi connectivity index (χ3v) is 6.27. The van der Waals surface area contributed by atoms with Crippen LogP contribution in [0.15, 0.2) is 71.6 Å². The average Bonchev–Trinajstić information content (AvgIpc) is 2.67. The summed E-state index contributed by atoms with van der Waals surface area (Å²) in [5.74, 6) is -0.418. The van der Waals surface area contributed by atoms with E-state index in [1.54, 1.807) is 36.4 Å². The predicted octanol–water partition coefficient (Wildman–Crippen LogP) is 5.38. The molecular formula is C20H15Cl3N2O3S. The number of hydrogen-bond acceptors (Lipinski definition) is 3. The molecule has 3 rings (SSSR count). The van der Waals surface area contributed by atoms with E-state index in [0.29, 0.717) is 15.6 Å². The Hall–Kier alpha value is -2.25. The zero-order valence-corrected chi connectivity index (χ0v) is 17.9. The first-order chi connectivity index (χ1) is 13.8. The van der Waals surface area contributed by atoms with E-state index in [0.717, 1.165) is 0 Å². The Morgan fingerprint density at radius 2 is 1.59 bits per heavy atom. The Labute approximate surface area is 183 Å². The maximum Gasteiger partial charge on any atom is 0.261 e. The third-order valence-electron chi connectivity index (χ3n) is 3.97. The van der Waals surface area contributed by atoms with Gasteiger partial charge in [0.1, 0.15) is 0 Å².